The second kappa shape index (κ2) is 9.96. The zero-order chi connectivity index (χ0) is 21.5. The summed E-state index contributed by atoms with van der Waals surface area (Å²) < 4.78 is 12.4. The number of nitrogens with one attached hydrogen (secondary N) is 1. The van der Waals surface area contributed by atoms with Gasteiger partial charge in [-0.1, -0.05) is 31.9 Å². The summed E-state index contributed by atoms with van der Waals surface area (Å²) >= 11 is 0. The average molecular weight is 408 g/mol. The number of carbonyl (C=O) groups is 2. The minimum atomic E-state index is -0.398. The topological polar surface area (TPSA) is 69.6 Å². The van der Waals surface area contributed by atoms with E-state index in [1.807, 2.05) is 36.5 Å². The van der Waals surface area contributed by atoms with E-state index >= 15 is 0 Å². The molecule has 158 valence electrons. The van der Waals surface area contributed by atoms with E-state index < -0.39 is 5.97 Å². The quantitative estimate of drug-likeness (QED) is 0.399. The van der Waals surface area contributed by atoms with Crippen LogP contribution in [0.15, 0.2) is 48.7 Å². The Kier molecular flexibility index (Phi) is 7.12. The molecule has 1 heterocycles. The molecule has 2 aromatic carbocycles. The number of ether oxygens (including phenoxy) is 2. The fourth-order valence-electron chi connectivity index (χ4n) is 3.46. The van der Waals surface area contributed by atoms with Crippen molar-refractivity contribution in [3.05, 3.63) is 59.8 Å². The summed E-state index contributed by atoms with van der Waals surface area (Å²) in [6.07, 6.45) is 5.60. The van der Waals surface area contributed by atoms with Gasteiger partial charge < -0.3 is 19.4 Å². The van der Waals surface area contributed by atoms with E-state index in [9.17, 15) is 9.59 Å². The van der Waals surface area contributed by atoms with Crippen molar-refractivity contribution in [2.45, 2.75) is 39.2 Å². The molecule has 6 heteroatoms. The van der Waals surface area contributed by atoms with E-state index in [1.54, 1.807) is 19.2 Å². The predicted octanol–water partition coefficient (Wildman–Crippen LogP) is 5.00. The Bertz CT molecular complexity index is 1040. The van der Waals surface area contributed by atoms with Crippen LogP contribution in [0.4, 0.5) is 5.69 Å². The van der Waals surface area contributed by atoms with Gasteiger partial charge in [-0.25, -0.2) is 4.79 Å². The van der Waals surface area contributed by atoms with Crippen LogP contribution in [0.25, 0.3) is 10.9 Å². The molecule has 1 N–H and O–H groups in total. The number of hydrogen-bond acceptors (Lipinski definition) is 4. The van der Waals surface area contributed by atoms with Gasteiger partial charge in [0.2, 0.25) is 5.91 Å². The second-order valence-corrected chi connectivity index (χ2v) is 7.24. The molecule has 30 heavy (non-hydrogen) atoms. The molecular weight excluding hydrogens is 380 g/mol. The summed E-state index contributed by atoms with van der Waals surface area (Å²) in [6.45, 7) is 2.69. The highest BCUT2D eigenvalue weighted by atomic mass is 16.5. The van der Waals surface area contributed by atoms with Crippen LogP contribution in [0.1, 0.15) is 48.5 Å². The first-order valence-corrected chi connectivity index (χ1v) is 10.2. The molecule has 3 aromatic rings. The number of rotatable bonds is 9. The van der Waals surface area contributed by atoms with E-state index in [-0.39, 0.29) is 5.91 Å². The second-order valence-electron chi connectivity index (χ2n) is 7.24. The van der Waals surface area contributed by atoms with Crippen molar-refractivity contribution in [2.75, 3.05) is 19.5 Å². The third-order valence-corrected chi connectivity index (χ3v) is 5.11. The van der Waals surface area contributed by atoms with Gasteiger partial charge in [0.25, 0.3) is 0 Å². The molecule has 0 saturated carbocycles. The average Bonchev–Trinajstić information content (AvgIpc) is 3.15. The highest BCUT2D eigenvalue weighted by Gasteiger charge is 2.12. The molecule has 0 radical (unpaired) electrons. The summed E-state index contributed by atoms with van der Waals surface area (Å²) in [4.78, 5) is 23.9. The maximum atomic E-state index is 12.2. The van der Waals surface area contributed by atoms with E-state index in [2.05, 4.69) is 16.8 Å². The van der Waals surface area contributed by atoms with Crippen LogP contribution < -0.4 is 10.1 Å². The molecular formula is C24H28N2O4. The Balaban J connectivity index is 1.81. The van der Waals surface area contributed by atoms with Crippen LogP contribution in [0, 0.1) is 0 Å². The summed E-state index contributed by atoms with van der Waals surface area (Å²) in [6, 6.07) is 13.3. The summed E-state index contributed by atoms with van der Waals surface area (Å²) in [5.74, 6) is 0.270. The molecule has 0 bridgehead atoms. The third-order valence-electron chi connectivity index (χ3n) is 5.11. The minimum Gasteiger partial charge on any atom is -0.496 e. The van der Waals surface area contributed by atoms with Crippen molar-refractivity contribution in [3.8, 4) is 5.75 Å². The highest BCUT2D eigenvalue weighted by molar-refractivity contribution is 5.94. The van der Waals surface area contributed by atoms with E-state index in [0.717, 1.165) is 41.4 Å². The van der Waals surface area contributed by atoms with Crippen molar-refractivity contribution in [2.24, 2.45) is 0 Å². The third kappa shape index (κ3) is 5.00. The number of benzene rings is 2. The fourth-order valence-corrected chi connectivity index (χ4v) is 3.46. The SMILES string of the molecule is CCCCCC(=O)Nc1ccc2ccn(Cc3ccc(C(=O)OC)cc3OC)c2c1. The maximum absolute atomic E-state index is 12.2. The number of unbranched alkanes of at least 4 members (excludes halogenated alkanes) is 2. The lowest BCUT2D eigenvalue weighted by Gasteiger charge is -2.12. The van der Waals surface area contributed by atoms with Gasteiger partial charge in [0, 0.05) is 23.9 Å². The number of anilines is 1. The summed E-state index contributed by atoms with van der Waals surface area (Å²) in [5, 5.41) is 4.08. The molecule has 0 fully saturated rings. The van der Waals surface area contributed by atoms with E-state index in [4.69, 9.17) is 9.47 Å². The standard InChI is InChI=1S/C24H28N2O4/c1-4-5-6-7-23(27)25-20-11-10-17-12-13-26(21(17)15-20)16-19-9-8-18(24(28)30-3)14-22(19)29-2/h8-15H,4-7,16H2,1-3H3,(H,25,27). The molecule has 3 rings (SSSR count). The lowest BCUT2D eigenvalue weighted by Crippen LogP contribution is -2.11. The van der Waals surface area contributed by atoms with Gasteiger partial charge in [0.1, 0.15) is 5.75 Å². The number of carbonyl (C=O) groups excluding carboxylic acids is 2. The zero-order valence-corrected chi connectivity index (χ0v) is 17.7. The zero-order valence-electron chi connectivity index (χ0n) is 17.7. The van der Waals surface area contributed by atoms with Crippen LogP contribution >= 0.6 is 0 Å². The van der Waals surface area contributed by atoms with Crippen molar-refractivity contribution >= 4 is 28.5 Å². The van der Waals surface area contributed by atoms with Gasteiger partial charge in [0.15, 0.2) is 0 Å². The molecule has 1 aromatic heterocycles. The fraction of sp³-hybridized carbons (Fsp3) is 0.333. The van der Waals surface area contributed by atoms with Crippen molar-refractivity contribution in [3.63, 3.8) is 0 Å². The van der Waals surface area contributed by atoms with Crippen molar-refractivity contribution in [1.82, 2.24) is 4.57 Å². The largest absolute Gasteiger partial charge is 0.496 e. The maximum Gasteiger partial charge on any atom is 0.337 e. The first-order valence-electron chi connectivity index (χ1n) is 10.2. The molecule has 0 aliphatic heterocycles. The smallest absolute Gasteiger partial charge is 0.337 e. The molecule has 6 nitrogen and oxygen atoms in total. The first kappa shape index (κ1) is 21.4. The van der Waals surface area contributed by atoms with Crippen LogP contribution in [-0.2, 0) is 16.1 Å². The minimum absolute atomic E-state index is 0.0426. The Labute approximate surface area is 176 Å². The lowest BCUT2D eigenvalue weighted by molar-refractivity contribution is -0.116. The molecule has 0 aliphatic carbocycles. The Morgan fingerprint density at radius 3 is 2.60 bits per heavy atom. The van der Waals surface area contributed by atoms with Gasteiger partial charge >= 0.3 is 5.97 Å². The summed E-state index contributed by atoms with van der Waals surface area (Å²) in [7, 11) is 2.94. The number of hydrogen-bond donors (Lipinski definition) is 1. The highest BCUT2D eigenvalue weighted by Crippen LogP contribution is 2.26. The Hall–Kier alpha value is -3.28. The predicted molar refractivity (Wildman–Crippen MR) is 118 cm³/mol. The molecule has 0 aliphatic rings. The molecule has 1 amide bonds. The number of amides is 1. The van der Waals surface area contributed by atoms with Gasteiger partial charge in [-0.3, -0.25) is 4.79 Å². The van der Waals surface area contributed by atoms with Gasteiger partial charge in [0.05, 0.1) is 31.8 Å². The van der Waals surface area contributed by atoms with Crippen LogP contribution in [-0.4, -0.2) is 30.7 Å². The van der Waals surface area contributed by atoms with Gasteiger partial charge in [-0.05, 0) is 42.1 Å². The van der Waals surface area contributed by atoms with Crippen LogP contribution in [0.3, 0.4) is 0 Å². The molecule has 0 atom stereocenters. The molecule has 0 saturated heterocycles. The monoisotopic (exact) mass is 408 g/mol. The van der Waals surface area contributed by atoms with Gasteiger partial charge in [-0.2, -0.15) is 0 Å². The van der Waals surface area contributed by atoms with Crippen LogP contribution in [0.5, 0.6) is 5.75 Å². The van der Waals surface area contributed by atoms with Crippen molar-refractivity contribution < 1.29 is 19.1 Å². The molecule has 0 spiro atoms. The molecule has 0 unspecified atom stereocenters. The lowest BCUT2D eigenvalue weighted by atomic mass is 10.1. The number of nitrogens with zero attached hydrogens (tertiary/aromatic N) is 1. The number of esters is 1. The van der Waals surface area contributed by atoms with Crippen molar-refractivity contribution in [1.29, 1.82) is 0 Å². The van der Waals surface area contributed by atoms with Crippen LogP contribution in [0.2, 0.25) is 0 Å². The van der Waals surface area contributed by atoms with Gasteiger partial charge in [-0.15, -0.1) is 0 Å². The normalized spacial score (nSPS) is 10.8. The Morgan fingerprint density at radius 2 is 1.87 bits per heavy atom. The number of fused-ring (bicyclic) bond motifs is 1. The van der Waals surface area contributed by atoms with E-state index in [1.165, 1.54) is 7.11 Å². The summed E-state index contributed by atoms with van der Waals surface area (Å²) in [5.41, 5.74) is 3.19. The first-order chi connectivity index (χ1) is 14.5. The Morgan fingerprint density at radius 1 is 1.03 bits per heavy atom. The number of aromatic nitrogens is 1. The number of methoxy groups -OCH3 is 2. The van der Waals surface area contributed by atoms with E-state index in [0.29, 0.717) is 24.3 Å².